The molecule has 2 aliphatic rings. The molecule has 3 rings (SSSR count). The van der Waals surface area contributed by atoms with Crippen molar-refractivity contribution in [2.45, 2.75) is 38.8 Å². The van der Waals surface area contributed by atoms with Gasteiger partial charge >= 0.3 is 0 Å². The van der Waals surface area contributed by atoms with E-state index in [4.69, 9.17) is 0 Å². The third-order valence-corrected chi connectivity index (χ3v) is 7.23. The monoisotopic (exact) mass is 364 g/mol. The fourth-order valence-corrected chi connectivity index (χ4v) is 5.95. The molecule has 5 nitrogen and oxygen atoms in total. The number of hydrogen-bond donors (Lipinski definition) is 0. The van der Waals surface area contributed by atoms with E-state index in [1.165, 1.54) is 5.56 Å². The first kappa shape index (κ1) is 18.4. The van der Waals surface area contributed by atoms with E-state index in [0.717, 1.165) is 26.1 Å². The Morgan fingerprint density at radius 2 is 2.00 bits per heavy atom. The predicted octanol–water partition coefficient (Wildman–Crippen LogP) is 1.93. The van der Waals surface area contributed by atoms with Gasteiger partial charge in [-0.3, -0.25) is 9.69 Å². The molecule has 2 saturated heterocycles. The van der Waals surface area contributed by atoms with Crippen LogP contribution >= 0.6 is 0 Å². The van der Waals surface area contributed by atoms with Gasteiger partial charge in [0.05, 0.1) is 11.5 Å². The van der Waals surface area contributed by atoms with Crippen molar-refractivity contribution in [1.82, 2.24) is 9.80 Å². The van der Waals surface area contributed by atoms with Gasteiger partial charge in [-0.05, 0) is 31.2 Å². The molecule has 2 heterocycles. The Balaban J connectivity index is 1.53. The van der Waals surface area contributed by atoms with Crippen molar-refractivity contribution >= 4 is 15.7 Å². The van der Waals surface area contributed by atoms with Crippen molar-refractivity contribution in [2.24, 2.45) is 5.92 Å². The summed E-state index contributed by atoms with van der Waals surface area (Å²) in [6.45, 7) is 5.54. The maximum absolute atomic E-state index is 12.7. The number of hydrogen-bond acceptors (Lipinski definition) is 4. The van der Waals surface area contributed by atoms with E-state index < -0.39 is 9.84 Å². The van der Waals surface area contributed by atoms with Crippen LogP contribution < -0.4 is 0 Å². The minimum absolute atomic E-state index is 0.00775. The Morgan fingerprint density at radius 3 is 2.64 bits per heavy atom. The van der Waals surface area contributed by atoms with Crippen LogP contribution in [0.25, 0.3) is 0 Å². The summed E-state index contributed by atoms with van der Waals surface area (Å²) in [6, 6.07) is 10.7. The van der Waals surface area contributed by atoms with Gasteiger partial charge in [0.2, 0.25) is 5.91 Å². The van der Waals surface area contributed by atoms with Crippen molar-refractivity contribution in [3.63, 3.8) is 0 Å². The topological polar surface area (TPSA) is 57.7 Å². The first-order valence-electron chi connectivity index (χ1n) is 9.23. The minimum atomic E-state index is -2.91. The molecule has 6 heteroatoms. The summed E-state index contributed by atoms with van der Waals surface area (Å²) in [7, 11) is -2.91. The lowest BCUT2D eigenvalue weighted by atomic mass is 10.0. The smallest absolute Gasteiger partial charge is 0.223 e. The summed E-state index contributed by atoms with van der Waals surface area (Å²) in [4.78, 5) is 17.1. The summed E-state index contributed by atoms with van der Waals surface area (Å²) in [5.74, 6) is 0.552. The maximum Gasteiger partial charge on any atom is 0.223 e. The van der Waals surface area contributed by atoms with Gasteiger partial charge in [-0.2, -0.15) is 0 Å². The Bertz CT molecular complexity index is 690. The van der Waals surface area contributed by atoms with Crippen molar-refractivity contribution in [3.05, 3.63) is 35.9 Å². The summed E-state index contributed by atoms with van der Waals surface area (Å²) >= 11 is 0. The van der Waals surface area contributed by atoms with E-state index in [1.807, 2.05) is 17.9 Å². The Morgan fingerprint density at radius 1 is 1.24 bits per heavy atom. The van der Waals surface area contributed by atoms with E-state index in [9.17, 15) is 13.2 Å². The molecule has 2 unspecified atom stereocenters. The molecule has 138 valence electrons. The van der Waals surface area contributed by atoms with Crippen LogP contribution in [0.5, 0.6) is 0 Å². The lowest BCUT2D eigenvalue weighted by Gasteiger charge is -2.29. The van der Waals surface area contributed by atoms with Gasteiger partial charge in [0.15, 0.2) is 9.84 Å². The molecule has 0 saturated carbocycles. The van der Waals surface area contributed by atoms with E-state index in [0.29, 0.717) is 19.4 Å². The first-order chi connectivity index (χ1) is 12.0. The largest absolute Gasteiger partial charge is 0.339 e. The second-order valence-electron chi connectivity index (χ2n) is 7.32. The van der Waals surface area contributed by atoms with Crippen LogP contribution in [0.4, 0.5) is 0 Å². The number of likely N-dealkylation sites (tertiary alicyclic amines) is 1. The third kappa shape index (κ3) is 4.82. The molecule has 2 aliphatic heterocycles. The van der Waals surface area contributed by atoms with Crippen molar-refractivity contribution in [2.75, 3.05) is 31.1 Å². The lowest BCUT2D eigenvalue weighted by molar-refractivity contribution is -0.133. The highest BCUT2D eigenvalue weighted by molar-refractivity contribution is 7.91. The van der Waals surface area contributed by atoms with Gasteiger partial charge in [-0.25, -0.2) is 8.42 Å². The number of amides is 1. The average Bonchev–Trinajstić information content (AvgIpc) is 3.15. The number of benzene rings is 1. The Hall–Kier alpha value is -1.40. The molecule has 25 heavy (non-hydrogen) atoms. The summed E-state index contributed by atoms with van der Waals surface area (Å²) in [5, 5.41) is 0. The zero-order valence-electron chi connectivity index (χ0n) is 14.9. The van der Waals surface area contributed by atoms with Crippen LogP contribution in [0.15, 0.2) is 30.3 Å². The highest BCUT2D eigenvalue weighted by Crippen LogP contribution is 2.24. The molecular weight excluding hydrogens is 336 g/mol. The maximum atomic E-state index is 12.7. The van der Waals surface area contributed by atoms with Gasteiger partial charge in [0.1, 0.15) is 0 Å². The first-order valence-corrected chi connectivity index (χ1v) is 11.0. The third-order valence-electron chi connectivity index (χ3n) is 5.39. The van der Waals surface area contributed by atoms with Crippen LogP contribution in [0.3, 0.4) is 0 Å². The minimum Gasteiger partial charge on any atom is -0.339 e. The lowest BCUT2D eigenvalue weighted by Crippen LogP contribution is -2.42. The number of sulfone groups is 1. The summed E-state index contributed by atoms with van der Waals surface area (Å²) in [6.07, 6.45) is 2.01. The van der Waals surface area contributed by atoms with Crippen LogP contribution in [0, 0.1) is 5.92 Å². The molecule has 0 bridgehead atoms. The number of rotatable bonds is 6. The molecule has 2 fully saturated rings. The van der Waals surface area contributed by atoms with Gasteiger partial charge in [-0.1, -0.05) is 30.3 Å². The second-order valence-corrected chi connectivity index (χ2v) is 9.54. The Labute approximate surface area is 150 Å². The number of carbonyl (C=O) groups is 1. The van der Waals surface area contributed by atoms with E-state index in [1.54, 1.807) is 0 Å². The fourth-order valence-electron chi connectivity index (χ4n) is 4.09. The molecular formula is C19H28N2O3S. The van der Waals surface area contributed by atoms with Crippen LogP contribution in [-0.2, 0) is 21.2 Å². The molecule has 0 aliphatic carbocycles. The summed E-state index contributed by atoms with van der Waals surface area (Å²) in [5.41, 5.74) is 1.30. The van der Waals surface area contributed by atoms with Gasteiger partial charge < -0.3 is 4.90 Å². The highest BCUT2D eigenvalue weighted by Gasteiger charge is 2.34. The van der Waals surface area contributed by atoms with Crippen molar-refractivity contribution in [3.8, 4) is 0 Å². The molecule has 1 aromatic carbocycles. The molecule has 1 aromatic rings. The van der Waals surface area contributed by atoms with Gasteiger partial charge in [0.25, 0.3) is 0 Å². The zero-order valence-corrected chi connectivity index (χ0v) is 15.7. The quantitative estimate of drug-likeness (QED) is 0.774. The molecule has 0 N–H and O–H groups in total. The SMILES string of the molecule is CCN(C(=O)CC1CCS(=O)(=O)C1)C1CCN(Cc2ccccc2)C1. The van der Waals surface area contributed by atoms with Crippen molar-refractivity contribution < 1.29 is 13.2 Å². The molecule has 0 aromatic heterocycles. The number of likely N-dealkylation sites (N-methyl/N-ethyl adjacent to an activating group) is 1. The van der Waals surface area contributed by atoms with Crippen LogP contribution in [0.2, 0.25) is 0 Å². The zero-order chi connectivity index (χ0) is 17.9. The number of nitrogens with zero attached hydrogens (tertiary/aromatic N) is 2. The van der Waals surface area contributed by atoms with Crippen molar-refractivity contribution in [1.29, 1.82) is 0 Å². The molecule has 0 spiro atoms. The van der Waals surface area contributed by atoms with Gasteiger partial charge in [0, 0.05) is 38.6 Å². The standard InChI is InChI=1S/C19H28N2O3S/c1-2-21(19(22)12-17-9-11-25(23,24)15-17)18-8-10-20(14-18)13-16-6-4-3-5-7-16/h3-7,17-18H,2,8-15H2,1H3. The fraction of sp³-hybridized carbons (Fsp3) is 0.632. The molecule has 2 atom stereocenters. The number of carbonyl (C=O) groups excluding carboxylic acids is 1. The van der Waals surface area contributed by atoms with Gasteiger partial charge in [-0.15, -0.1) is 0 Å². The average molecular weight is 365 g/mol. The molecule has 0 radical (unpaired) electrons. The van der Waals surface area contributed by atoms with Crippen LogP contribution in [-0.4, -0.2) is 61.3 Å². The second kappa shape index (κ2) is 7.87. The Kier molecular flexibility index (Phi) is 5.79. The molecule has 1 amide bonds. The van der Waals surface area contributed by atoms with Crippen LogP contribution in [0.1, 0.15) is 31.7 Å². The van der Waals surface area contributed by atoms with E-state index >= 15 is 0 Å². The van der Waals surface area contributed by atoms with E-state index in [2.05, 4.69) is 29.2 Å². The summed E-state index contributed by atoms with van der Waals surface area (Å²) < 4.78 is 23.2. The highest BCUT2D eigenvalue weighted by atomic mass is 32.2. The predicted molar refractivity (Wildman–Crippen MR) is 98.9 cm³/mol. The van der Waals surface area contributed by atoms with E-state index in [-0.39, 0.29) is 29.4 Å². The normalized spacial score (nSPS) is 26.0.